The van der Waals surface area contributed by atoms with Gasteiger partial charge in [0.15, 0.2) is 11.6 Å². The van der Waals surface area contributed by atoms with Gasteiger partial charge in [-0.3, -0.25) is 15.0 Å². The summed E-state index contributed by atoms with van der Waals surface area (Å²) in [4.78, 5) is 36.9. The molecule has 0 radical (unpaired) electrons. The van der Waals surface area contributed by atoms with E-state index in [0.29, 0.717) is 17.2 Å². The second-order valence-corrected chi connectivity index (χ2v) is 8.40. The Bertz CT molecular complexity index is 1080. The second-order valence-electron chi connectivity index (χ2n) is 6.37. The minimum Gasteiger partial charge on any atom is -0.271 e. The lowest BCUT2D eigenvalue weighted by Gasteiger charge is -2.17. The predicted octanol–water partition coefficient (Wildman–Crippen LogP) is 5.35. The number of aryl methyl sites for hydroxylation is 2. The van der Waals surface area contributed by atoms with Gasteiger partial charge in [-0.1, -0.05) is 33.3 Å². The molecule has 0 unspecified atom stereocenters. The Morgan fingerprint density at radius 3 is 2.52 bits per heavy atom. The van der Waals surface area contributed by atoms with E-state index in [0.717, 1.165) is 38.5 Å². The summed E-state index contributed by atoms with van der Waals surface area (Å²) in [6, 6.07) is 3.91. The van der Waals surface area contributed by atoms with Gasteiger partial charge in [-0.25, -0.2) is 9.97 Å². The number of nitrogens with one attached hydrogen (secondary N) is 1. The lowest BCUT2D eigenvalue weighted by molar-refractivity contribution is -0.135. The predicted molar refractivity (Wildman–Crippen MR) is 120 cm³/mol. The van der Waals surface area contributed by atoms with Crippen molar-refractivity contribution in [1.29, 1.82) is 0 Å². The van der Waals surface area contributed by atoms with Gasteiger partial charge in [-0.2, -0.15) is 5.01 Å². The monoisotopic (exact) mass is 428 g/mol. The van der Waals surface area contributed by atoms with Crippen LogP contribution >= 0.6 is 22.7 Å². The topological polar surface area (TPSA) is 75.2 Å². The Kier molecular flexibility index (Phi) is 6.44. The molecule has 0 atom stereocenters. The first kappa shape index (κ1) is 21.1. The van der Waals surface area contributed by atoms with Crippen molar-refractivity contribution in [2.45, 2.75) is 47.5 Å². The first-order valence-corrected chi connectivity index (χ1v) is 11.4. The molecule has 8 heteroatoms. The van der Waals surface area contributed by atoms with Crippen LogP contribution in [0.3, 0.4) is 0 Å². The molecule has 0 aliphatic carbocycles. The first-order valence-electron chi connectivity index (χ1n) is 9.66. The number of anilines is 1. The van der Waals surface area contributed by atoms with Gasteiger partial charge in [-0.05, 0) is 37.3 Å². The smallest absolute Gasteiger partial charge is 0.271 e. The maximum atomic E-state index is 12.3. The van der Waals surface area contributed by atoms with Crippen LogP contribution in [0, 0.1) is 6.92 Å². The molecule has 1 N–H and O–H groups in total. The molecular weight excluding hydrogens is 404 g/mol. The highest BCUT2D eigenvalue weighted by atomic mass is 32.1. The molecule has 0 aromatic carbocycles. The minimum atomic E-state index is -0.386. The fourth-order valence-corrected chi connectivity index (χ4v) is 4.98. The van der Waals surface area contributed by atoms with E-state index in [9.17, 15) is 9.59 Å². The number of aromatic nitrogens is 2. The van der Waals surface area contributed by atoms with E-state index in [1.54, 1.807) is 29.6 Å². The van der Waals surface area contributed by atoms with Crippen LogP contribution in [0.25, 0.3) is 20.9 Å². The zero-order valence-electron chi connectivity index (χ0n) is 17.2. The van der Waals surface area contributed by atoms with Crippen molar-refractivity contribution in [3.05, 3.63) is 39.6 Å². The molecule has 0 saturated heterocycles. The van der Waals surface area contributed by atoms with Crippen molar-refractivity contribution >= 4 is 50.5 Å². The lowest BCUT2D eigenvalue weighted by atomic mass is 10.1. The summed E-state index contributed by atoms with van der Waals surface area (Å²) in [6.07, 6.45) is 3.33. The molecule has 0 spiro atoms. The molecule has 152 valence electrons. The van der Waals surface area contributed by atoms with Crippen LogP contribution in [-0.4, -0.2) is 26.8 Å². The molecule has 1 aliphatic rings. The molecule has 4 rings (SSSR count). The average molecular weight is 429 g/mol. The lowest BCUT2D eigenvalue weighted by Crippen LogP contribution is -2.36. The number of amides is 2. The Morgan fingerprint density at radius 2 is 1.93 bits per heavy atom. The highest BCUT2D eigenvalue weighted by molar-refractivity contribution is 7.19. The normalized spacial score (nSPS) is 13.6. The van der Waals surface area contributed by atoms with Crippen molar-refractivity contribution < 1.29 is 9.59 Å². The van der Waals surface area contributed by atoms with Gasteiger partial charge in [-0.15, -0.1) is 22.7 Å². The number of hydrogen-bond donors (Lipinski definition) is 1. The molecule has 0 bridgehead atoms. The summed E-state index contributed by atoms with van der Waals surface area (Å²) in [5, 5.41) is 3.86. The molecule has 0 saturated carbocycles. The standard InChI is InChI=1S/C19H18N4O2S2.C2H6/c1-4-6-12-11(3)15-17(22-23-14(24)9-10(2)19(23)25)20-16(21-18(15)27-12)13-7-5-8-26-13;1-2/h5,7-9H,4,6H2,1-3H3,(H,20,21,22);1-2H3. The largest absolute Gasteiger partial charge is 0.275 e. The number of carbonyl (C=O) groups excluding carboxylic acids is 2. The van der Waals surface area contributed by atoms with Gasteiger partial charge in [0.1, 0.15) is 4.83 Å². The molecule has 1 aliphatic heterocycles. The quantitative estimate of drug-likeness (QED) is 0.555. The second kappa shape index (κ2) is 8.84. The molecule has 3 aromatic heterocycles. The number of nitrogens with zero attached hydrogens (tertiary/aromatic N) is 3. The highest BCUT2D eigenvalue weighted by Gasteiger charge is 2.30. The molecule has 6 nitrogen and oxygen atoms in total. The zero-order chi connectivity index (χ0) is 21.1. The Balaban J connectivity index is 0.00000117. The van der Waals surface area contributed by atoms with Crippen molar-refractivity contribution in [2.24, 2.45) is 0 Å². The van der Waals surface area contributed by atoms with E-state index < -0.39 is 0 Å². The Hall–Kier alpha value is -2.58. The van der Waals surface area contributed by atoms with E-state index in [2.05, 4.69) is 17.3 Å². The van der Waals surface area contributed by atoms with Crippen LogP contribution in [0.1, 0.15) is 44.6 Å². The summed E-state index contributed by atoms with van der Waals surface area (Å²) < 4.78 is 0. The van der Waals surface area contributed by atoms with Crippen molar-refractivity contribution in [2.75, 3.05) is 5.43 Å². The number of imide groups is 1. The summed E-state index contributed by atoms with van der Waals surface area (Å²) in [5.41, 5.74) is 4.46. The van der Waals surface area contributed by atoms with Crippen LogP contribution in [0.2, 0.25) is 0 Å². The SMILES string of the molecule is CC.CCCc1sc2nc(-c3cccs3)nc(NN3C(=O)C=C(C)C3=O)c2c1C. The Labute approximate surface area is 178 Å². The highest BCUT2D eigenvalue weighted by Crippen LogP contribution is 2.37. The summed E-state index contributed by atoms with van der Waals surface area (Å²) in [5.74, 6) is 0.340. The Morgan fingerprint density at radius 1 is 1.17 bits per heavy atom. The fraction of sp³-hybridized carbons (Fsp3) is 0.333. The van der Waals surface area contributed by atoms with E-state index in [-0.39, 0.29) is 11.8 Å². The zero-order valence-corrected chi connectivity index (χ0v) is 18.8. The van der Waals surface area contributed by atoms with Crippen molar-refractivity contribution in [3.63, 3.8) is 0 Å². The summed E-state index contributed by atoms with van der Waals surface area (Å²) in [7, 11) is 0. The maximum Gasteiger partial charge on any atom is 0.275 e. The van der Waals surface area contributed by atoms with Gasteiger partial charge >= 0.3 is 0 Å². The van der Waals surface area contributed by atoms with Crippen LogP contribution in [0.4, 0.5) is 5.82 Å². The molecule has 0 fully saturated rings. The number of fused-ring (bicyclic) bond motifs is 1. The van der Waals surface area contributed by atoms with E-state index in [1.807, 2.05) is 38.3 Å². The van der Waals surface area contributed by atoms with Gasteiger partial charge in [0.05, 0.1) is 10.3 Å². The van der Waals surface area contributed by atoms with E-state index in [4.69, 9.17) is 4.98 Å². The number of rotatable bonds is 5. The number of hydrogen-bond acceptors (Lipinski definition) is 7. The summed E-state index contributed by atoms with van der Waals surface area (Å²) >= 11 is 3.20. The molecule has 4 heterocycles. The molecule has 3 aromatic rings. The molecule has 29 heavy (non-hydrogen) atoms. The molecular formula is C21H24N4O2S2. The van der Waals surface area contributed by atoms with Gasteiger partial charge in [0.2, 0.25) is 0 Å². The van der Waals surface area contributed by atoms with Crippen LogP contribution in [-0.2, 0) is 16.0 Å². The number of carbonyl (C=O) groups is 2. The average Bonchev–Trinajstić information content (AvgIpc) is 3.41. The third-order valence-electron chi connectivity index (χ3n) is 4.43. The van der Waals surface area contributed by atoms with Crippen LogP contribution in [0.5, 0.6) is 0 Å². The maximum absolute atomic E-state index is 12.3. The third kappa shape index (κ3) is 3.95. The van der Waals surface area contributed by atoms with Gasteiger partial charge < -0.3 is 0 Å². The van der Waals surface area contributed by atoms with Crippen molar-refractivity contribution in [3.8, 4) is 10.7 Å². The van der Waals surface area contributed by atoms with Crippen molar-refractivity contribution in [1.82, 2.24) is 15.0 Å². The molecule has 2 amide bonds. The van der Waals surface area contributed by atoms with Crippen LogP contribution in [0.15, 0.2) is 29.2 Å². The van der Waals surface area contributed by atoms with Gasteiger partial charge in [0, 0.05) is 16.5 Å². The third-order valence-corrected chi connectivity index (χ3v) is 6.54. The van der Waals surface area contributed by atoms with Crippen LogP contribution < -0.4 is 5.43 Å². The fourth-order valence-electron chi connectivity index (χ4n) is 3.05. The summed E-state index contributed by atoms with van der Waals surface area (Å²) in [6.45, 7) is 9.81. The number of thiophene rings is 2. The first-order chi connectivity index (χ1) is 14.0. The van der Waals surface area contributed by atoms with E-state index >= 15 is 0 Å². The number of hydrazine groups is 1. The van der Waals surface area contributed by atoms with E-state index in [1.165, 1.54) is 11.0 Å². The minimum absolute atomic E-state index is 0.355. The van der Waals surface area contributed by atoms with Gasteiger partial charge in [0.25, 0.3) is 11.8 Å².